The molecule has 31 nitrogen and oxygen atoms in total. The van der Waals surface area contributed by atoms with Crippen LogP contribution in [0.4, 0.5) is 21.9 Å². The molecule has 12 aromatic heterocycles. The zero-order chi connectivity index (χ0) is 68.0. The molecule has 0 unspecified atom stereocenters. The first-order chi connectivity index (χ1) is 46.5. The molecule has 12 aromatic rings. The second kappa shape index (κ2) is 32.9. The van der Waals surface area contributed by atoms with E-state index in [9.17, 15) is 19.2 Å². The summed E-state index contributed by atoms with van der Waals surface area (Å²) in [5.41, 5.74) is 7.52. The van der Waals surface area contributed by atoms with E-state index in [0.717, 1.165) is 21.5 Å². The Kier molecular flexibility index (Phi) is 23.3. The molecular weight excluding hydrogens is 1240 g/mol. The van der Waals surface area contributed by atoms with E-state index in [1.807, 2.05) is 68.4 Å². The van der Waals surface area contributed by atoms with E-state index >= 15 is 0 Å². The van der Waals surface area contributed by atoms with Crippen molar-refractivity contribution in [1.82, 2.24) is 74.5 Å². The lowest BCUT2D eigenvalue weighted by molar-refractivity contribution is -0.122. The fourth-order valence-electron chi connectivity index (χ4n) is 8.86. The van der Waals surface area contributed by atoms with Crippen LogP contribution in [-0.4, -0.2) is 156 Å². The van der Waals surface area contributed by atoms with Crippen molar-refractivity contribution in [2.45, 2.75) is 59.9 Å². The van der Waals surface area contributed by atoms with Crippen LogP contribution in [0.5, 0.6) is 0 Å². The summed E-state index contributed by atoms with van der Waals surface area (Å²) >= 11 is 0. The number of aryl methyl sites for hydroxylation is 1. The highest BCUT2D eigenvalue weighted by atomic mass is 16.6. The SMILES string of the molecule is CCOCCn1cc(NC(=O)c2ccc(-c3cnn(C(=O)OC(C)(C)C)c3)o2)c(-c2ccccn2)n1.COCCn1cc(NC(=O)c2ccc(-c3cn[nH]c3)o2)c(-c2ccccn2)n1.COCCn1cc(NC(=O)c2ccc(-c3cn[nH]c3C)o2)c(-c2ccccn2)n1.O=CO. The normalized spacial score (nSPS) is 10.9. The molecule has 0 saturated heterocycles. The third kappa shape index (κ3) is 18.3. The molecule has 6 N–H and O–H groups in total. The van der Waals surface area contributed by atoms with Gasteiger partial charge in [0.05, 0.1) is 109 Å². The molecule has 12 rings (SSSR count). The molecule has 0 saturated carbocycles. The molecular formula is C65H68N18O13. The average molecular weight is 1310 g/mol. The lowest BCUT2D eigenvalue weighted by atomic mass is 10.2. The Labute approximate surface area is 547 Å². The number of carbonyl (C=O) groups is 5. The van der Waals surface area contributed by atoms with Crippen molar-refractivity contribution < 1.29 is 61.3 Å². The van der Waals surface area contributed by atoms with Crippen LogP contribution in [0, 0.1) is 6.92 Å². The van der Waals surface area contributed by atoms with Crippen molar-refractivity contribution in [2.75, 3.05) is 56.6 Å². The minimum Gasteiger partial charge on any atom is -0.483 e. The average Bonchev–Trinajstić information content (AvgIpc) is 1.69. The monoisotopic (exact) mass is 1310 g/mol. The summed E-state index contributed by atoms with van der Waals surface area (Å²) in [6.45, 7) is 12.6. The van der Waals surface area contributed by atoms with Crippen LogP contribution >= 0.6 is 0 Å². The van der Waals surface area contributed by atoms with E-state index in [1.54, 1.807) is 141 Å². The van der Waals surface area contributed by atoms with Crippen LogP contribution in [0.2, 0.25) is 0 Å². The minimum absolute atomic E-state index is 0.0871. The second-order valence-electron chi connectivity index (χ2n) is 21.3. The Morgan fingerprint density at radius 3 is 1.43 bits per heavy atom. The standard InChI is InChI=1S/C25H28N6O5.C20H20N6O3.C19H18N6O3.CH2O2/c1-5-34-13-12-30-16-19(22(29-30)18-8-6-7-11-26-18)28-23(32)21-10-9-20(35-21)17-14-27-31(15-17)24(33)36-25(2,3)4;1-13-14(11-22-24-13)17-6-7-18(29-17)20(27)23-16-12-26(9-10-28-2)25-19(16)15-5-3-4-8-21-15;1-27-9-8-25-12-15(18(24-25)14-4-2-3-7-20-14)23-19(26)17-6-5-16(28-17)13-10-21-22-11-13;2-1-3/h6-11,14-16H,5,12-13H2,1-4H3,(H,28,32);3-8,11-12H,9-10H2,1-2H3,(H,22,24)(H,23,27);2-7,10-12H,8-9H2,1H3,(H,21,22)(H,23,26);1H,(H,2,3). The third-order valence-corrected chi connectivity index (χ3v) is 13.3. The molecule has 0 aromatic carbocycles. The fourth-order valence-corrected chi connectivity index (χ4v) is 8.86. The maximum atomic E-state index is 13.0. The summed E-state index contributed by atoms with van der Waals surface area (Å²) in [6, 6.07) is 26.4. The van der Waals surface area contributed by atoms with Crippen molar-refractivity contribution in [3.05, 3.63) is 182 Å². The van der Waals surface area contributed by atoms with Crippen LogP contribution in [0.25, 0.3) is 68.1 Å². The van der Waals surface area contributed by atoms with Gasteiger partial charge in [-0.1, -0.05) is 18.2 Å². The number of H-pyrrole nitrogens is 2. The number of methoxy groups -OCH3 is 2. The first-order valence-electron chi connectivity index (χ1n) is 29.7. The van der Waals surface area contributed by atoms with Gasteiger partial charge in [0.15, 0.2) is 17.3 Å². The van der Waals surface area contributed by atoms with Gasteiger partial charge in [0.25, 0.3) is 24.2 Å². The highest BCUT2D eigenvalue weighted by molar-refractivity contribution is 6.06. The number of furan rings is 3. The van der Waals surface area contributed by atoms with E-state index in [0.29, 0.717) is 120 Å². The zero-order valence-corrected chi connectivity index (χ0v) is 53.2. The summed E-state index contributed by atoms with van der Waals surface area (Å²) < 4.78 is 44.3. The lowest BCUT2D eigenvalue weighted by Crippen LogP contribution is -2.27. The van der Waals surface area contributed by atoms with Crippen LogP contribution in [-0.2, 0) is 43.4 Å². The van der Waals surface area contributed by atoms with Crippen molar-refractivity contribution in [3.63, 3.8) is 0 Å². The number of hydrogen-bond donors (Lipinski definition) is 6. The van der Waals surface area contributed by atoms with Gasteiger partial charge in [-0.2, -0.15) is 35.3 Å². The Morgan fingerprint density at radius 1 is 0.583 bits per heavy atom. The van der Waals surface area contributed by atoms with Crippen LogP contribution < -0.4 is 16.0 Å². The molecule has 0 aliphatic rings. The van der Waals surface area contributed by atoms with Gasteiger partial charge in [-0.05, 0) is 107 Å². The number of anilines is 3. The van der Waals surface area contributed by atoms with Gasteiger partial charge in [0, 0.05) is 76.1 Å². The molecule has 0 aliphatic heterocycles. The number of aromatic nitrogens is 15. The first-order valence-corrected chi connectivity index (χ1v) is 29.7. The molecule has 31 heteroatoms. The largest absolute Gasteiger partial charge is 0.483 e. The minimum atomic E-state index is -0.649. The van der Waals surface area contributed by atoms with Gasteiger partial charge >= 0.3 is 6.09 Å². The van der Waals surface area contributed by atoms with Crippen molar-refractivity contribution in [1.29, 1.82) is 0 Å². The zero-order valence-electron chi connectivity index (χ0n) is 53.2. The molecule has 0 fully saturated rings. The van der Waals surface area contributed by atoms with E-state index in [2.05, 4.69) is 71.7 Å². The van der Waals surface area contributed by atoms with Crippen molar-refractivity contribution >= 4 is 47.3 Å². The number of hydrogen-bond acceptors (Lipinski definition) is 21. The maximum absolute atomic E-state index is 13.0. The Balaban J connectivity index is 0.000000167. The number of amides is 3. The highest BCUT2D eigenvalue weighted by Gasteiger charge is 2.24. The number of ether oxygens (including phenoxy) is 4. The Morgan fingerprint density at radius 2 is 1.03 bits per heavy atom. The fraction of sp³-hybridized carbons (Fsp3) is 0.231. The smallest absolute Gasteiger partial charge is 0.435 e. The van der Waals surface area contributed by atoms with Crippen LogP contribution in [0.15, 0.2) is 172 Å². The summed E-state index contributed by atoms with van der Waals surface area (Å²) in [6.07, 6.45) is 17.6. The molecule has 496 valence electrons. The topological polar surface area (TPSA) is 385 Å². The van der Waals surface area contributed by atoms with Gasteiger partial charge in [0.1, 0.15) is 40.0 Å². The molecule has 0 atom stereocenters. The van der Waals surface area contributed by atoms with E-state index in [1.165, 1.54) is 12.4 Å². The van der Waals surface area contributed by atoms with Crippen molar-refractivity contribution in [2.24, 2.45) is 0 Å². The quantitative estimate of drug-likeness (QED) is 0.0271. The predicted octanol–water partition coefficient (Wildman–Crippen LogP) is 10.1. The van der Waals surface area contributed by atoms with Gasteiger partial charge in [-0.3, -0.25) is 58.4 Å². The van der Waals surface area contributed by atoms with Gasteiger partial charge in [-0.15, -0.1) is 0 Å². The molecule has 0 radical (unpaired) electrons. The number of rotatable bonds is 22. The number of carboxylic acid groups (broad SMARTS) is 1. The summed E-state index contributed by atoms with van der Waals surface area (Å²) in [5, 5.41) is 46.6. The van der Waals surface area contributed by atoms with Crippen LogP contribution in [0.3, 0.4) is 0 Å². The first kappa shape index (κ1) is 68.2. The van der Waals surface area contributed by atoms with Gasteiger partial charge < -0.3 is 53.3 Å². The molecule has 96 heavy (non-hydrogen) atoms. The summed E-state index contributed by atoms with van der Waals surface area (Å²) in [4.78, 5) is 72.1. The Hall–Kier alpha value is -12.2. The molecule has 12 heterocycles. The molecule has 0 bridgehead atoms. The summed E-state index contributed by atoms with van der Waals surface area (Å²) in [7, 11) is 3.25. The van der Waals surface area contributed by atoms with E-state index in [-0.39, 0.29) is 35.6 Å². The second-order valence-corrected chi connectivity index (χ2v) is 21.3. The van der Waals surface area contributed by atoms with Gasteiger partial charge in [0.2, 0.25) is 0 Å². The van der Waals surface area contributed by atoms with Gasteiger partial charge in [-0.25, -0.2) is 4.79 Å². The summed E-state index contributed by atoms with van der Waals surface area (Å²) in [5.74, 6) is 0.768. The lowest BCUT2D eigenvalue weighted by Gasteiger charge is -2.18. The molecule has 0 aliphatic carbocycles. The van der Waals surface area contributed by atoms with E-state index < -0.39 is 17.6 Å². The maximum Gasteiger partial charge on any atom is 0.435 e. The molecule has 3 amide bonds. The van der Waals surface area contributed by atoms with Crippen LogP contribution in [0.1, 0.15) is 65.1 Å². The highest BCUT2D eigenvalue weighted by Crippen LogP contribution is 2.31. The molecule has 0 spiro atoms. The third-order valence-electron chi connectivity index (χ3n) is 13.3. The number of pyridine rings is 3. The predicted molar refractivity (Wildman–Crippen MR) is 348 cm³/mol. The number of aromatic amines is 2. The van der Waals surface area contributed by atoms with E-state index in [4.69, 9.17) is 42.1 Å². The van der Waals surface area contributed by atoms with Crippen molar-refractivity contribution in [3.8, 4) is 68.1 Å². The Bertz CT molecular complexity index is 4440. The number of nitrogens with zero attached hydrogens (tertiary/aromatic N) is 13. The number of carbonyl (C=O) groups excluding carboxylic acids is 4. The number of nitrogens with one attached hydrogen (secondary N) is 5.